The lowest BCUT2D eigenvalue weighted by molar-refractivity contribution is -0.208. The number of alkyl halides is 3. The molecule has 2 aliphatic rings. The molecule has 1 fully saturated rings. The van der Waals surface area contributed by atoms with Crippen LogP contribution in [0.5, 0.6) is 0 Å². The molecule has 1 aliphatic heterocycles. The van der Waals surface area contributed by atoms with Crippen LogP contribution in [0.25, 0.3) is 0 Å². The molecule has 0 unspecified atom stereocenters. The molecule has 2 aromatic rings. The third kappa shape index (κ3) is 3.62. The number of hydrogen-bond donors (Lipinski definition) is 2. The number of para-hydroxylation sites is 1. The van der Waals surface area contributed by atoms with Gasteiger partial charge in [0.1, 0.15) is 0 Å². The molecule has 0 aromatic heterocycles. The van der Waals surface area contributed by atoms with Gasteiger partial charge in [-0.15, -0.1) is 0 Å². The number of fused-ring (bicyclic) bond motifs is 1. The van der Waals surface area contributed by atoms with Gasteiger partial charge < -0.3 is 15.8 Å². The highest BCUT2D eigenvalue weighted by molar-refractivity contribution is 6.30. The molecule has 4 nitrogen and oxygen atoms in total. The summed E-state index contributed by atoms with van der Waals surface area (Å²) in [6.07, 6.45) is -5.34. The molecule has 0 saturated heterocycles. The van der Waals surface area contributed by atoms with Crippen LogP contribution in [0.1, 0.15) is 24.0 Å². The van der Waals surface area contributed by atoms with Crippen LogP contribution in [-0.2, 0) is 21.6 Å². The Hall–Kier alpha value is -2.69. The number of carbonyl (C=O) groups excluding carboxylic acids is 1. The highest BCUT2D eigenvalue weighted by Crippen LogP contribution is 2.51. The van der Waals surface area contributed by atoms with Gasteiger partial charge in [-0.2, -0.15) is 13.2 Å². The zero-order valence-corrected chi connectivity index (χ0v) is 16.5. The van der Waals surface area contributed by atoms with E-state index in [4.69, 9.17) is 22.1 Å². The number of nitrogens with one attached hydrogen (secondary N) is 1. The summed E-state index contributed by atoms with van der Waals surface area (Å²) in [5.74, 6) is 4.07. The summed E-state index contributed by atoms with van der Waals surface area (Å²) >= 11 is 6.02. The van der Waals surface area contributed by atoms with Crippen molar-refractivity contribution >= 4 is 28.9 Å². The minimum Gasteiger partial charge on any atom is -0.398 e. The summed E-state index contributed by atoms with van der Waals surface area (Å²) in [6, 6.07) is 10.6. The van der Waals surface area contributed by atoms with Crippen molar-refractivity contribution in [3.8, 4) is 11.8 Å². The number of anilines is 2. The van der Waals surface area contributed by atoms with E-state index in [1.54, 1.807) is 24.3 Å². The molecule has 1 aliphatic carbocycles. The average Bonchev–Trinajstić information content (AvgIpc) is 3.50. The van der Waals surface area contributed by atoms with Crippen molar-refractivity contribution in [1.82, 2.24) is 0 Å². The Morgan fingerprint density at radius 2 is 1.97 bits per heavy atom. The normalized spacial score (nSPS) is 23.2. The van der Waals surface area contributed by atoms with Gasteiger partial charge in [0.15, 0.2) is 11.5 Å². The van der Waals surface area contributed by atoms with Crippen molar-refractivity contribution in [2.75, 3.05) is 11.1 Å². The van der Waals surface area contributed by atoms with Gasteiger partial charge in [-0.05, 0) is 37.1 Å². The van der Waals surface area contributed by atoms with Crippen molar-refractivity contribution in [3.05, 3.63) is 58.6 Å². The monoisotopic (exact) mass is 434 g/mol. The quantitative estimate of drug-likeness (QED) is 0.545. The minimum atomic E-state index is -4.89. The highest BCUT2D eigenvalue weighted by atomic mass is 35.5. The number of carbonyl (C=O) groups is 1. The first kappa shape index (κ1) is 20.6. The lowest BCUT2D eigenvalue weighted by Crippen LogP contribution is -2.59. The van der Waals surface area contributed by atoms with Crippen LogP contribution in [0.2, 0.25) is 5.02 Å². The van der Waals surface area contributed by atoms with Crippen LogP contribution in [-0.4, -0.2) is 18.2 Å². The number of rotatable bonds is 3. The number of nitrogens with two attached hydrogens (primary N) is 1. The first-order chi connectivity index (χ1) is 14.2. The highest BCUT2D eigenvalue weighted by Gasteiger charge is 2.65. The Kier molecular flexibility index (Phi) is 5.16. The van der Waals surface area contributed by atoms with Crippen LogP contribution in [0, 0.1) is 17.8 Å². The summed E-state index contributed by atoms with van der Waals surface area (Å²) in [5, 5.41) is 2.61. The second-order valence-electron chi connectivity index (χ2n) is 7.42. The predicted molar refractivity (Wildman–Crippen MR) is 108 cm³/mol. The second-order valence-corrected chi connectivity index (χ2v) is 7.85. The first-order valence-corrected chi connectivity index (χ1v) is 9.75. The van der Waals surface area contributed by atoms with Gasteiger partial charge in [-0.1, -0.05) is 41.6 Å². The van der Waals surface area contributed by atoms with E-state index in [9.17, 15) is 18.0 Å². The van der Waals surface area contributed by atoms with Gasteiger partial charge in [0, 0.05) is 33.4 Å². The molecule has 156 valence electrons. The number of halogens is 4. The molecule has 3 N–H and O–H groups in total. The standard InChI is InChI=1S/C22H18ClF3N2O2/c23-15-7-8-18-16(11-15)21(22(24,25)26,10-9-13-5-6-13)19(20(29)28-18)30-12-14-3-1-2-4-17(14)27/h1-4,7-8,11,13,19H,5-6,12,27H2,(H,28,29)/t19-,21+/m0/s1. The Bertz CT molecular complexity index is 1060. The molecular weight excluding hydrogens is 417 g/mol. The molecule has 1 amide bonds. The molecular formula is C22H18ClF3N2O2. The summed E-state index contributed by atoms with van der Waals surface area (Å²) in [5.41, 5.74) is 3.67. The molecule has 0 bridgehead atoms. The van der Waals surface area contributed by atoms with Gasteiger partial charge in [0.25, 0.3) is 5.91 Å². The van der Waals surface area contributed by atoms with E-state index >= 15 is 0 Å². The fraction of sp³-hybridized carbons (Fsp3) is 0.318. The molecule has 0 radical (unpaired) electrons. The topological polar surface area (TPSA) is 64.3 Å². The summed E-state index contributed by atoms with van der Waals surface area (Å²) in [7, 11) is 0. The zero-order valence-electron chi connectivity index (χ0n) is 15.7. The van der Waals surface area contributed by atoms with Crippen LogP contribution in [0.4, 0.5) is 24.5 Å². The molecule has 4 rings (SSSR count). The van der Waals surface area contributed by atoms with Crippen molar-refractivity contribution in [3.63, 3.8) is 0 Å². The lowest BCUT2D eigenvalue weighted by Gasteiger charge is -2.41. The van der Waals surface area contributed by atoms with Crippen molar-refractivity contribution < 1.29 is 22.7 Å². The van der Waals surface area contributed by atoms with E-state index in [1.807, 2.05) is 0 Å². The molecule has 1 heterocycles. The van der Waals surface area contributed by atoms with E-state index in [0.717, 1.165) is 12.8 Å². The van der Waals surface area contributed by atoms with Crippen LogP contribution < -0.4 is 11.1 Å². The van der Waals surface area contributed by atoms with Crippen LogP contribution in [0.15, 0.2) is 42.5 Å². The Labute approximate surface area is 176 Å². The SMILES string of the molecule is Nc1ccccc1CO[C@H]1C(=O)Nc2ccc(Cl)cc2[C@@]1(C#CC1CC1)C(F)(F)F. The maximum Gasteiger partial charge on any atom is 0.412 e. The Morgan fingerprint density at radius 1 is 1.23 bits per heavy atom. The Morgan fingerprint density at radius 3 is 2.63 bits per heavy atom. The van der Waals surface area contributed by atoms with Gasteiger partial charge in [-0.3, -0.25) is 4.79 Å². The predicted octanol–water partition coefficient (Wildman–Crippen LogP) is 4.67. The van der Waals surface area contributed by atoms with E-state index in [0.29, 0.717) is 11.3 Å². The fourth-order valence-electron chi connectivity index (χ4n) is 3.48. The van der Waals surface area contributed by atoms with Crippen molar-refractivity contribution in [1.29, 1.82) is 0 Å². The molecule has 0 spiro atoms. The van der Waals surface area contributed by atoms with E-state index in [-0.39, 0.29) is 28.8 Å². The third-order valence-corrected chi connectivity index (χ3v) is 5.49. The fourth-order valence-corrected chi connectivity index (χ4v) is 3.65. The zero-order chi connectivity index (χ0) is 21.5. The number of hydrogen-bond acceptors (Lipinski definition) is 3. The van der Waals surface area contributed by atoms with Gasteiger partial charge in [-0.25, -0.2) is 0 Å². The molecule has 2 atom stereocenters. The molecule has 30 heavy (non-hydrogen) atoms. The maximum atomic E-state index is 14.7. The van der Waals surface area contributed by atoms with E-state index < -0.39 is 23.6 Å². The second kappa shape index (κ2) is 7.53. The van der Waals surface area contributed by atoms with E-state index in [1.165, 1.54) is 18.2 Å². The van der Waals surface area contributed by atoms with Crippen LogP contribution in [0.3, 0.4) is 0 Å². The summed E-state index contributed by atoms with van der Waals surface area (Å²) < 4.78 is 49.6. The largest absolute Gasteiger partial charge is 0.412 e. The van der Waals surface area contributed by atoms with Crippen molar-refractivity contribution in [2.24, 2.45) is 5.92 Å². The maximum absolute atomic E-state index is 14.7. The summed E-state index contributed by atoms with van der Waals surface area (Å²) in [6.45, 7) is -0.274. The van der Waals surface area contributed by atoms with Gasteiger partial charge in [0.05, 0.1) is 6.61 Å². The van der Waals surface area contributed by atoms with Gasteiger partial charge >= 0.3 is 6.18 Å². The number of nitrogen functional groups attached to an aromatic ring is 1. The number of ether oxygens (including phenoxy) is 1. The molecule has 8 heteroatoms. The summed E-state index contributed by atoms with van der Waals surface area (Å²) in [4.78, 5) is 12.8. The number of benzene rings is 2. The Balaban J connectivity index is 1.84. The van der Waals surface area contributed by atoms with Gasteiger partial charge in [0.2, 0.25) is 0 Å². The van der Waals surface area contributed by atoms with E-state index in [2.05, 4.69) is 17.2 Å². The third-order valence-electron chi connectivity index (χ3n) is 5.25. The average molecular weight is 435 g/mol. The van der Waals surface area contributed by atoms with Crippen molar-refractivity contribution in [2.45, 2.75) is 37.1 Å². The smallest absolute Gasteiger partial charge is 0.398 e. The molecule has 1 saturated carbocycles. The lowest BCUT2D eigenvalue weighted by atomic mass is 9.71. The van der Waals surface area contributed by atoms with Crippen LogP contribution >= 0.6 is 11.6 Å². The molecule has 2 aromatic carbocycles. The first-order valence-electron chi connectivity index (χ1n) is 9.37. The number of amides is 1. The minimum absolute atomic E-state index is 0.0193.